The highest BCUT2D eigenvalue weighted by molar-refractivity contribution is 6.33. The average Bonchev–Trinajstić information content (AvgIpc) is 2.50. The summed E-state index contributed by atoms with van der Waals surface area (Å²) in [5.74, 6) is -0.405. The van der Waals surface area contributed by atoms with Crippen LogP contribution in [0.15, 0.2) is 42.5 Å². The van der Waals surface area contributed by atoms with Crippen molar-refractivity contribution in [2.75, 3.05) is 10.6 Å². The number of hydrogen-bond acceptors (Lipinski definition) is 2. The van der Waals surface area contributed by atoms with Crippen molar-refractivity contribution in [3.05, 3.63) is 58.6 Å². The molecule has 1 atom stereocenters. The minimum absolute atomic E-state index is 0.126. The van der Waals surface area contributed by atoms with Gasteiger partial charge in [0.15, 0.2) is 0 Å². The number of carbonyl (C=O) groups is 1. The predicted molar refractivity (Wildman–Crippen MR) is 89.3 cm³/mol. The highest BCUT2D eigenvalue weighted by atomic mass is 35.5. The van der Waals surface area contributed by atoms with Gasteiger partial charge < -0.3 is 10.6 Å². The Kier molecular flexibility index (Phi) is 5.39. The van der Waals surface area contributed by atoms with E-state index in [2.05, 4.69) is 10.6 Å². The monoisotopic (exact) mass is 356 g/mol. The lowest BCUT2D eigenvalue weighted by molar-refractivity contribution is -0.138. The third kappa shape index (κ3) is 4.41. The molecule has 0 aliphatic carbocycles. The minimum atomic E-state index is -4.44. The fourth-order valence-electron chi connectivity index (χ4n) is 2.14. The Morgan fingerprint density at radius 1 is 1.17 bits per heavy atom. The van der Waals surface area contributed by atoms with Crippen LogP contribution in [0.5, 0.6) is 0 Å². The molecule has 2 rings (SSSR count). The first-order chi connectivity index (χ1) is 11.2. The molecule has 0 saturated heterocycles. The maximum absolute atomic E-state index is 12.9. The van der Waals surface area contributed by atoms with E-state index < -0.39 is 23.7 Å². The van der Waals surface area contributed by atoms with Crippen LogP contribution in [0.25, 0.3) is 0 Å². The molecule has 0 aromatic heterocycles. The molecule has 0 radical (unpaired) electrons. The van der Waals surface area contributed by atoms with Crippen LogP contribution in [0.4, 0.5) is 24.5 Å². The maximum Gasteiger partial charge on any atom is 0.416 e. The third-order valence-electron chi connectivity index (χ3n) is 3.45. The summed E-state index contributed by atoms with van der Waals surface area (Å²) in [4.78, 5) is 12.2. The quantitative estimate of drug-likeness (QED) is 0.799. The summed E-state index contributed by atoms with van der Waals surface area (Å²) < 4.78 is 38.8. The largest absolute Gasteiger partial charge is 0.416 e. The van der Waals surface area contributed by atoms with E-state index in [-0.39, 0.29) is 11.3 Å². The van der Waals surface area contributed by atoms with Crippen LogP contribution in [0.2, 0.25) is 5.02 Å². The van der Waals surface area contributed by atoms with E-state index in [0.29, 0.717) is 10.7 Å². The first kappa shape index (κ1) is 18.1. The molecule has 0 saturated carbocycles. The van der Waals surface area contributed by atoms with Crippen molar-refractivity contribution >= 4 is 28.9 Å². The van der Waals surface area contributed by atoms with Crippen molar-refractivity contribution < 1.29 is 18.0 Å². The lowest BCUT2D eigenvalue weighted by atomic mass is 10.1. The van der Waals surface area contributed by atoms with E-state index in [1.165, 1.54) is 19.1 Å². The number of carbonyl (C=O) groups excluding carboxylic acids is 1. The Hall–Kier alpha value is -2.21. The molecule has 2 aromatic rings. The number of benzene rings is 2. The second-order valence-electron chi connectivity index (χ2n) is 5.36. The Labute approximate surface area is 142 Å². The topological polar surface area (TPSA) is 41.1 Å². The summed E-state index contributed by atoms with van der Waals surface area (Å²) >= 11 is 5.96. The molecule has 1 amide bonds. The molecule has 0 fully saturated rings. The van der Waals surface area contributed by atoms with Gasteiger partial charge in [0.05, 0.1) is 16.3 Å². The highest BCUT2D eigenvalue weighted by Gasteiger charge is 2.32. The van der Waals surface area contributed by atoms with Crippen molar-refractivity contribution in [1.82, 2.24) is 0 Å². The average molecular weight is 357 g/mol. The Morgan fingerprint density at radius 3 is 2.46 bits per heavy atom. The second-order valence-corrected chi connectivity index (χ2v) is 5.77. The molecule has 0 aliphatic rings. The van der Waals surface area contributed by atoms with Crippen molar-refractivity contribution in [2.45, 2.75) is 26.1 Å². The van der Waals surface area contributed by atoms with Gasteiger partial charge >= 0.3 is 6.18 Å². The van der Waals surface area contributed by atoms with Gasteiger partial charge in [0.25, 0.3) is 0 Å². The molecule has 24 heavy (non-hydrogen) atoms. The van der Waals surface area contributed by atoms with Gasteiger partial charge in [-0.25, -0.2) is 0 Å². The van der Waals surface area contributed by atoms with E-state index in [9.17, 15) is 18.0 Å². The molecule has 2 N–H and O–H groups in total. The van der Waals surface area contributed by atoms with Gasteiger partial charge in [0.1, 0.15) is 6.04 Å². The summed E-state index contributed by atoms with van der Waals surface area (Å²) in [7, 11) is 0. The molecule has 7 heteroatoms. The Bertz CT molecular complexity index is 747. The van der Waals surface area contributed by atoms with E-state index in [4.69, 9.17) is 11.6 Å². The molecule has 3 nitrogen and oxygen atoms in total. The van der Waals surface area contributed by atoms with E-state index in [1.807, 2.05) is 0 Å². The predicted octanol–water partition coefficient (Wildman–Crippen LogP) is 5.11. The number of amides is 1. The van der Waals surface area contributed by atoms with E-state index in [1.54, 1.807) is 31.2 Å². The number of halogens is 4. The number of hydrogen-bond donors (Lipinski definition) is 2. The summed E-state index contributed by atoms with van der Waals surface area (Å²) in [5, 5.41) is 5.78. The molecule has 1 unspecified atom stereocenters. The van der Waals surface area contributed by atoms with Crippen molar-refractivity contribution in [1.29, 1.82) is 0 Å². The first-order valence-electron chi connectivity index (χ1n) is 7.18. The van der Waals surface area contributed by atoms with Crippen LogP contribution < -0.4 is 10.6 Å². The number of aryl methyl sites for hydroxylation is 1. The zero-order chi connectivity index (χ0) is 17.9. The first-order valence-corrected chi connectivity index (χ1v) is 7.56. The summed E-state index contributed by atoms with van der Waals surface area (Å²) in [6.07, 6.45) is -4.44. The normalized spacial score (nSPS) is 12.6. The van der Waals surface area contributed by atoms with Gasteiger partial charge in [-0.3, -0.25) is 4.79 Å². The van der Waals surface area contributed by atoms with Gasteiger partial charge in [-0.2, -0.15) is 13.2 Å². The number of nitrogens with one attached hydrogen (secondary N) is 2. The number of para-hydroxylation sites is 1. The van der Waals surface area contributed by atoms with E-state index >= 15 is 0 Å². The number of anilines is 2. The van der Waals surface area contributed by atoms with Gasteiger partial charge in [-0.1, -0.05) is 29.8 Å². The summed E-state index contributed by atoms with van der Waals surface area (Å²) in [6.45, 7) is 2.94. The molecular weight excluding hydrogens is 341 g/mol. The Balaban J connectivity index is 2.11. The van der Waals surface area contributed by atoms with Crippen LogP contribution in [0.1, 0.15) is 18.1 Å². The lowest BCUT2D eigenvalue weighted by Gasteiger charge is -2.18. The second kappa shape index (κ2) is 7.13. The van der Waals surface area contributed by atoms with Gasteiger partial charge in [0.2, 0.25) is 5.91 Å². The minimum Gasteiger partial charge on any atom is -0.374 e. The van der Waals surface area contributed by atoms with Gasteiger partial charge in [-0.15, -0.1) is 0 Å². The van der Waals surface area contributed by atoms with Gasteiger partial charge in [0, 0.05) is 5.69 Å². The standard InChI is InChI=1S/C17H16ClF3N2O/c1-10-7-8-12(9-13(10)17(19,20)21)22-11(2)16(24)23-15-6-4-3-5-14(15)18/h3-9,11,22H,1-2H3,(H,23,24). The van der Waals surface area contributed by atoms with Crippen molar-refractivity contribution in [3.63, 3.8) is 0 Å². The van der Waals surface area contributed by atoms with Crippen LogP contribution in [-0.2, 0) is 11.0 Å². The SMILES string of the molecule is Cc1ccc(NC(C)C(=O)Nc2ccccc2Cl)cc1C(F)(F)F. The summed E-state index contributed by atoms with van der Waals surface area (Å²) in [5.41, 5.74) is 0.0554. The smallest absolute Gasteiger partial charge is 0.374 e. The fraction of sp³-hybridized carbons (Fsp3) is 0.235. The number of alkyl halides is 3. The van der Waals surface area contributed by atoms with Crippen molar-refractivity contribution in [2.24, 2.45) is 0 Å². The highest BCUT2D eigenvalue weighted by Crippen LogP contribution is 2.33. The molecule has 0 aliphatic heterocycles. The molecule has 128 valence electrons. The molecule has 2 aromatic carbocycles. The van der Waals surface area contributed by atoms with Crippen LogP contribution in [0.3, 0.4) is 0 Å². The summed E-state index contributed by atoms with van der Waals surface area (Å²) in [6, 6.07) is 9.83. The van der Waals surface area contributed by atoms with Crippen LogP contribution in [-0.4, -0.2) is 11.9 Å². The fourth-order valence-corrected chi connectivity index (χ4v) is 2.32. The molecule has 0 spiro atoms. The third-order valence-corrected chi connectivity index (χ3v) is 3.78. The maximum atomic E-state index is 12.9. The Morgan fingerprint density at radius 2 is 1.83 bits per heavy atom. The zero-order valence-electron chi connectivity index (χ0n) is 13.0. The lowest BCUT2D eigenvalue weighted by Crippen LogP contribution is -2.32. The van der Waals surface area contributed by atoms with Crippen LogP contribution in [0, 0.1) is 6.92 Å². The molecule has 0 heterocycles. The van der Waals surface area contributed by atoms with Gasteiger partial charge in [-0.05, 0) is 43.7 Å². The zero-order valence-corrected chi connectivity index (χ0v) is 13.8. The van der Waals surface area contributed by atoms with E-state index in [0.717, 1.165) is 6.07 Å². The molecular formula is C17H16ClF3N2O. The molecule has 0 bridgehead atoms. The number of rotatable bonds is 4. The van der Waals surface area contributed by atoms with Crippen LogP contribution >= 0.6 is 11.6 Å². The van der Waals surface area contributed by atoms with Crippen molar-refractivity contribution in [3.8, 4) is 0 Å².